The first-order valence-electron chi connectivity index (χ1n) is 22.1. The Balaban J connectivity index is 1.13. The zero-order valence-electron chi connectivity index (χ0n) is 35.5. The highest BCUT2D eigenvalue weighted by atomic mass is 15.1. The molecule has 0 heterocycles. The molecule has 0 fully saturated rings. The first-order valence-corrected chi connectivity index (χ1v) is 22.1. The van der Waals surface area contributed by atoms with Gasteiger partial charge in [-0.05, 0) is 125 Å². The third kappa shape index (κ3) is 4.43. The van der Waals surface area contributed by atoms with Crippen LogP contribution in [0.25, 0.3) is 55.6 Å². The topological polar surface area (TPSA) is 3.24 Å². The van der Waals surface area contributed by atoms with Crippen LogP contribution in [0, 0.1) is 0 Å². The number of benzene rings is 9. The summed E-state index contributed by atoms with van der Waals surface area (Å²) < 4.78 is 0. The standard InChI is InChI=1S/C61H45N/c1-59(2)50-26-13-11-24-48(50)58-54(59)30-17-31-57(58)62(38-32-34-46-44-22-7-12-25-49(44)60(3,4)55(46)36-38)39-33-35-47-45-23-10-16-29-53(45)61(56(47)37-39)51-27-14-8-20-42(51)40-18-5-6-19-41(40)43-21-9-15-28-52(43)61/h5-37H,1-4H3. The minimum Gasteiger partial charge on any atom is -0.310 e. The van der Waals surface area contributed by atoms with Crippen molar-refractivity contribution in [2.75, 3.05) is 4.90 Å². The number of fused-ring (bicyclic) bond motifs is 18. The van der Waals surface area contributed by atoms with Gasteiger partial charge in [0.05, 0.1) is 11.1 Å². The summed E-state index contributed by atoms with van der Waals surface area (Å²) in [4.78, 5) is 2.58. The summed E-state index contributed by atoms with van der Waals surface area (Å²) in [7, 11) is 0. The summed E-state index contributed by atoms with van der Waals surface area (Å²) in [6, 6.07) is 76.2. The number of rotatable bonds is 3. The summed E-state index contributed by atoms with van der Waals surface area (Å²) in [6.45, 7) is 9.55. The maximum absolute atomic E-state index is 2.58. The van der Waals surface area contributed by atoms with Gasteiger partial charge in [0.1, 0.15) is 0 Å². The lowest BCUT2D eigenvalue weighted by molar-refractivity contribution is 0.660. The molecule has 0 saturated carbocycles. The minimum absolute atomic E-state index is 0.137. The van der Waals surface area contributed by atoms with E-state index in [9.17, 15) is 0 Å². The van der Waals surface area contributed by atoms with E-state index in [-0.39, 0.29) is 10.8 Å². The zero-order chi connectivity index (χ0) is 41.5. The molecular weight excluding hydrogens is 747 g/mol. The van der Waals surface area contributed by atoms with Crippen molar-refractivity contribution in [2.45, 2.75) is 43.9 Å². The quantitative estimate of drug-likeness (QED) is 0.172. The molecule has 0 N–H and O–H groups in total. The molecule has 4 aliphatic carbocycles. The van der Waals surface area contributed by atoms with Crippen LogP contribution in [0.2, 0.25) is 0 Å². The molecule has 0 saturated heterocycles. The predicted molar refractivity (Wildman–Crippen MR) is 258 cm³/mol. The summed E-state index contributed by atoms with van der Waals surface area (Å²) in [5.74, 6) is 0. The molecule has 0 aromatic heterocycles. The molecule has 294 valence electrons. The summed E-state index contributed by atoms with van der Waals surface area (Å²) in [5, 5.41) is 0. The molecule has 0 amide bonds. The van der Waals surface area contributed by atoms with Gasteiger partial charge in [-0.3, -0.25) is 0 Å². The molecule has 0 radical (unpaired) electrons. The van der Waals surface area contributed by atoms with Crippen molar-refractivity contribution < 1.29 is 0 Å². The van der Waals surface area contributed by atoms with Gasteiger partial charge in [-0.25, -0.2) is 0 Å². The van der Waals surface area contributed by atoms with Crippen LogP contribution in [-0.2, 0) is 16.2 Å². The summed E-state index contributed by atoms with van der Waals surface area (Å²) in [5.41, 5.74) is 26.4. The van der Waals surface area contributed by atoms with Crippen LogP contribution in [0.3, 0.4) is 0 Å². The van der Waals surface area contributed by atoms with Gasteiger partial charge in [0.25, 0.3) is 0 Å². The second-order valence-corrected chi connectivity index (χ2v) is 18.8. The number of anilines is 3. The third-order valence-electron chi connectivity index (χ3n) is 15.1. The molecule has 0 atom stereocenters. The fraction of sp³-hybridized carbons (Fsp3) is 0.115. The maximum Gasteiger partial charge on any atom is 0.0726 e. The lowest BCUT2D eigenvalue weighted by Gasteiger charge is -2.36. The lowest BCUT2D eigenvalue weighted by Crippen LogP contribution is -2.29. The van der Waals surface area contributed by atoms with E-state index in [2.05, 4.69) is 233 Å². The fourth-order valence-electron chi connectivity index (χ4n) is 12.4. The van der Waals surface area contributed by atoms with Crippen LogP contribution in [-0.4, -0.2) is 0 Å². The van der Waals surface area contributed by atoms with Crippen molar-refractivity contribution >= 4 is 17.1 Å². The summed E-state index contributed by atoms with van der Waals surface area (Å²) >= 11 is 0. The van der Waals surface area contributed by atoms with E-state index in [0.29, 0.717) is 0 Å². The average Bonchev–Trinajstić information content (AvgIpc) is 3.80. The Hall–Kier alpha value is -7.22. The second-order valence-electron chi connectivity index (χ2n) is 18.8. The maximum atomic E-state index is 2.58. The van der Waals surface area contributed by atoms with E-state index in [1.54, 1.807) is 0 Å². The number of nitrogens with zero attached hydrogens (tertiary/aromatic N) is 1. The molecular formula is C61H45N. The van der Waals surface area contributed by atoms with Crippen molar-refractivity contribution in [1.29, 1.82) is 0 Å². The van der Waals surface area contributed by atoms with Gasteiger partial charge in [0.15, 0.2) is 0 Å². The Morgan fingerprint density at radius 1 is 0.274 bits per heavy atom. The third-order valence-corrected chi connectivity index (χ3v) is 15.1. The monoisotopic (exact) mass is 791 g/mol. The highest BCUT2D eigenvalue weighted by Gasteiger charge is 2.50. The first kappa shape index (κ1) is 35.5. The number of hydrogen-bond donors (Lipinski definition) is 0. The van der Waals surface area contributed by atoms with E-state index in [0.717, 1.165) is 5.69 Å². The van der Waals surface area contributed by atoms with Crippen LogP contribution < -0.4 is 4.90 Å². The first-order chi connectivity index (χ1) is 30.3. The van der Waals surface area contributed by atoms with Crippen LogP contribution in [0.5, 0.6) is 0 Å². The predicted octanol–water partition coefficient (Wildman–Crippen LogP) is 15.8. The van der Waals surface area contributed by atoms with Gasteiger partial charge in [0.2, 0.25) is 0 Å². The highest BCUT2D eigenvalue weighted by Crippen LogP contribution is 2.63. The van der Waals surface area contributed by atoms with Gasteiger partial charge < -0.3 is 4.90 Å². The fourth-order valence-corrected chi connectivity index (χ4v) is 12.4. The molecule has 4 aliphatic rings. The van der Waals surface area contributed by atoms with Gasteiger partial charge in [0, 0.05) is 27.8 Å². The lowest BCUT2D eigenvalue weighted by atomic mass is 9.66. The molecule has 0 bridgehead atoms. The largest absolute Gasteiger partial charge is 0.310 e. The van der Waals surface area contributed by atoms with E-state index in [4.69, 9.17) is 0 Å². The van der Waals surface area contributed by atoms with Crippen LogP contribution in [0.15, 0.2) is 200 Å². The SMILES string of the molecule is CC1(C)c2ccccc2-c2ccc(N(c3ccc4c(c3)C3(c5ccccc5-c5ccccc5-c5ccccc53)c3ccccc3-4)c3cccc4c3-c3ccccc3C4(C)C)cc21. The van der Waals surface area contributed by atoms with Crippen LogP contribution in [0.1, 0.15) is 72.2 Å². The molecule has 0 unspecified atom stereocenters. The van der Waals surface area contributed by atoms with Crippen molar-refractivity contribution in [3.05, 3.63) is 245 Å². The van der Waals surface area contributed by atoms with Crippen LogP contribution in [0.4, 0.5) is 17.1 Å². The highest BCUT2D eigenvalue weighted by molar-refractivity contribution is 6.00. The molecule has 9 aromatic rings. The van der Waals surface area contributed by atoms with Gasteiger partial charge in [-0.1, -0.05) is 198 Å². The van der Waals surface area contributed by atoms with E-state index in [1.807, 2.05) is 0 Å². The van der Waals surface area contributed by atoms with Crippen molar-refractivity contribution in [3.8, 4) is 55.6 Å². The normalized spacial score (nSPS) is 15.5. The van der Waals surface area contributed by atoms with Gasteiger partial charge >= 0.3 is 0 Å². The second kappa shape index (κ2) is 12.4. The van der Waals surface area contributed by atoms with E-state index >= 15 is 0 Å². The van der Waals surface area contributed by atoms with Gasteiger partial charge in [-0.2, -0.15) is 0 Å². The molecule has 9 aromatic carbocycles. The van der Waals surface area contributed by atoms with E-state index < -0.39 is 5.41 Å². The molecule has 13 rings (SSSR count). The minimum atomic E-state index is -0.575. The molecule has 1 nitrogen and oxygen atoms in total. The Kier molecular flexibility index (Phi) is 7.12. The Bertz CT molecular complexity index is 3310. The Morgan fingerprint density at radius 2 is 0.629 bits per heavy atom. The van der Waals surface area contributed by atoms with Crippen molar-refractivity contribution in [2.24, 2.45) is 0 Å². The summed E-state index contributed by atoms with van der Waals surface area (Å²) in [6.07, 6.45) is 0. The van der Waals surface area contributed by atoms with E-state index in [1.165, 1.54) is 112 Å². The zero-order valence-corrected chi connectivity index (χ0v) is 35.5. The van der Waals surface area contributed by atoms with Crippen molar-refractivity contribution in [1.82, 2.24) is 0 Å². The Labute approximate surface area is 364 Å². The van der Waals surface area contributed by atoms with Gasteiger partial charge in [-0.15, -0.1) is 0 Å². The smallest absolute Gasteiger partial charge is 0.0726 e. The molecule has 62 heavy (non-hydrogen) atoms. The molecule has 0 aliphatic heterocycles. The molecule has 1 spiro atoms. The molecule has 1 heteroatoms. The average molecular weight is 792 g/mol. The number of hydrogen-bond acceptors (Lipinski definition) is 1. The Morgan fingerprint density at radius 3 is 1.18 bits per heavy atom. The van der Waals surface area contributed by atoms with Crippen LogP contribution >= 0.6 is 0 Å². The van der Waals surface area contributed by atoms with Crippen molar-refractivity contribution in [3.63, 3.8) is 0 Å².